The van der Waals surface area contributed by atoms with Crippen LogP contribution in [0, 0.1) is 11.8 Å². The van der Waals surface area contributed by atoms with Crippen molar-refractivity contribution in [2.45, 2.75) is 45.1 Å². The van der Waals surface area contributed by atoms with E-state index in [4.69, 9.17) is 5.73 Å². The van der Waals surface area contributed by atoms with Gasteiger partial charge in [0.2, 0.25) is 0 Å². The molecule has 4 heteroatoms. The zero-order valence-electron chi connectivity index (χ0n) is 13.2. The molecule has 2 rings (SSSR count). The second-order valence-corrected chi connectivity index (χ2v) is 5.70. The zero-order chi connectivity index (χ0) is 15.8. The molecule has 0 atom stereocenters. The van der Waals surface area contributed by atoms with Gasteiger partial charge in [-0.25, -0.2) is 0 Å². The predicted molar refractivity (Wildman–Crippen MR) is 90.9 cm³/mol. The van der Waals surface area contributed by atoms with Crippen LogP contribution >= 0.6 is 0 Å². The number of nitrogens with one attached hydrogen (secondary N) is 2. The first-order valence-corrected chi connectivity index (χ1v) is 8.10. The van der Waals surface area contributed by atoms with E-state index in [1.54, 1.807) is 6.07 Å². The smallest absolute Gasteiger partial charge is 0.250 e. The van der Waals surface area contributed by atoms with E-state index in [-0.39, 0.29) is 0 Å². The van der Waals surface area contributed by atoms with Crippen molar-refractivity contribution in [2.75, 3.05) is 18.4 Å². The molecule has 1 aromatic carbocycles. The average Bonchev–Trinajstić information content (AvgIpc) is 2.53. The minimum Gasteiger partial charge on any atom is -0.382 e. The Kier molecular flexibility index (Phi) is 6.29. The van der Waals surface area contributed by atoms with Crippen molar-refractivity contribution < 1.29 is 4.79 Å². The highest BCUT2D eigenvalue weighted by Crippen LogP contribution is 2.20. The molecule has 0 unspecified atom stereocenters. The Labute approximate surface area is 132 Å². The molecule has 1 heterocycles. The van der Waals surface area contributed by atoms with Crippen LogP contribution in [-0.2, 0) is 0 Å². The number of nitrogens with two attached hydrogens (primary N) is 1. The van der Waals surface area contributed by atoms with Crippen molar-refractivity contribution in [3.05, 3.63) is 29.3 Å². The van der Waals surface area contributed by atoms with Gasteiger partial charge in [0, 0.05) is 23.7 Å². The van der Waals surface area contributed by atoms with E-state index in [2.05, 4.69) is 29.4 Å². The lowest BCUT2D eigenvalue weighted by Gasteiger charge is -2.25. The van der Waals surface area contributed by atoms with Crippen LogP contribution in [-0.4, -0.2) is 25.0 Å². The molecule has 4 nitrogen and oxygen atoms in total. The summed E-state index contributed by atoms with van der Waals surface area (Å²) < 4.78 is 0. The van der Waals surface area contributed by atoms with Crippen LogP contribution in [0.4, 0.5) is 5.69 Å². The third-order valence-corrected chi connectivity index (χ3v) is 3.87. The Hall–Kier alpha value is -1.99. The molecule has 1 aliphatic heterocycles. The number of unbranched alkanes of at least 4 members (excludes halogenated alkanes) is 2. The minimum atomic E-state index is -0.409. The maximum absolute atomic E-state index is 11.7. The third-order valence-electron chi connectivity index (χ3n) is 3.87. The molecule has 1 saturated heterocycles. The molecule has 0 spiro atoms. The number of hydrogen-bond donors (Lipinski definition) is 3. The molecule has 0 saturated carbocycles. The van der Waals surface area contributed by atoms with E-state index in [1.165, 1.54) is 0 Å². The van der Waals surface area contributed by atoms with Crippen LogP contribution in [0.3, 0.4) is 0 Å². The van der Waals surface area contributed by atoms with Crippen molar-refractivity contribution in [3.8, 4) is 11.8 Å². The lowest BCUT2D eigenvalue weighted by atomic mass is 10.0. The molecular weight excluding hydrogens is 274 g/mol. The SMILES string of the molecule is CCCCC#Cc1ccc(NC2CCNCC2)c(C(N)=O)c1. The van der Waals surface area contributed by atoms with E-state index in [1.807, 2.05) is 12.1 Å². The standard InChI is InChI=1S/C18H25N3O/c1-2-3-4-5-6-14-7-8-17(16(13-14)18(19)22)21-15-9-11-20-12-10-15/h7-8,13,15,20-21H,2-4,9-12H2,1H3,(H2,19,22). The van der Waals surface area contributed by atoms with Gasteiger partial charge in [0.05, 0.1) is 5.56 Å². The van der Waals surface area contributed by atoms with Gasteiger partial charge in [-0.05, 0) is 50.6 Å². The van der Waals surface area contributed by atoms with Crippen molar-refractivity contribution in [1.82, 2.24) is 5.32 Å². The van der Waals surface area contributed by atoms with E-state index in [9.17, 15) is 4.79 Å². The number of anilines is 1. The van der Waals surface area contributed by atoms with E-state index in [0.717, 1.165) is 56.4 Å². The third kappa shape index (κ3) is 4.78. The number of carbonyl (C=O) groups is 1. The number of amides is 1. The Morgan fingerprint density at radius 3 is 2.86 bits per heavy atom. The topological polar surface area (TPSA) is 67.2 Å². The Bertz CT molecular complexity index is 565. The highest BCUT2D eigenvalue weighted by Gasteiger charge is 2.16. The summed E-state index contributed by atoms with van der Waals surface area (Å²) in [6, 6.07) is 6.06. The Morgan fingerprint density at radius 2 is 2.18 bits per heavy atom. The fraction of sp³-hybridized carbons (Fsp3) is 0.500. The maximum Gasteiger partial charge on any atom is 0.250 e. The van der Waals surface area contributed by atoms with Crippen LogP contribution in [0.25, 0.3) is 0 Å². The van der Waals surface area contributed by atoms with Crippen LogP contribution in [0.15, 0.2) is 18.2 Å². The molecule has 1 amide bonds. The van der Waals surface area contributed by atoms with Gasteiger partial charge in [0.25, 0.3) is 5.91 Å². The summed E-state index contributed by atoms with van der Waals surface area (Å²) >= 11 is 0. The monoisotopic (exact) mass is 299 g/mol. The van der Waals surface area contributed by atoms with E-state index >= 15 is 0 Å². The summed E-state index contributed by atoms with van der Waals surface area (Å²) in [6.45, 7) is 4.16. The molecule has 0 aliphatic carbocycles. The molecule has 1 aliphatic rings. The van der Waals surface area contributed by atoms with Gasteiger partial charge in [-0.3, -0.25) is 4.79 Å². The summed E-state index contributed by atoms with van der Waals surface area (Å²) in [5.74, 6) is 5.84. The van der Waals surface area contributed by atoms with E-state index < -0.39 is 5.91 Å². The fourth-order valence-corrected chi connectivity index (χ4v) is 2.57. The largest absolute Gasteiger partial charge is 0.382 e. The number of benzene rings is 1. The van der Waals surface area contributed by atoms with Crippen LogP contribution in [0.2, 0.25) is 0 Å². The number of piperidine rings is 1. The molecule has 0 bridgehead atoms. The van der Waals surface area contributed by atoms with Crippen LogP contribution in [0.1, 0.15) is 54.9 Å². The average molecular weight is 299 g/mol. The molecule has 4 N–H and O–H groups in total. The fourth-order valence-electron chi connectivity index (χ4n) is 2.57. The van der Waals surface area contributed by atoms with Gasteiger partial charge in [-0.1, -0.05) is 25.2 Å². The molecule has 0 aromatic heterocycles. The highest BCUT2D eigenvalue weighted by atomic mass is 16.1. The van der Waals surface area contributed by atoms with Crippen LogP contribution in [0.5, 0.6) is 0 Å². The second kappa shape index (κ2) is 8.45. The summed E-state index contributed by atoms with van der Waals surface area (Å²) in [4.78, 5) is 11.7. The second-order valence-electron chi connectivity index (χ2n) is 5.70. The minimum absolute atomic E-state index is 0.390. The lowest BCUT2D eigenvalue weighted by molar-refractivity contribution is 0.100. The normalized spacial score (nSPS) is 15.0. The van der Waals surface area contributed by atoms with Gasteiger partial charge < -0.3 is 16.4 Å². The maximum atomic E-state index is 11.7. The number of primary amides is 1. The Balaban J connectivity index is 2.12. The Morgan fingerprint density at radius 1 is 1.41 bits per heavy atom. The number of hydrogen-bond acceptors (Lipinski definition) is 3. The van der Waals surface area contributed by atoms with Crippen molar-refractivity contribution in [2.24, 2.45) is 5.73 Å². The first-order valence-electron chi connectivity index (χ1n) is 8.10. The first kappa shape index (κ1) is 16.4. The molecule has 0 radical (unpaired) electrons. The predicted octanol–water partition coefficient (Wildman–Crippen LogP) is 2.49. The summed E-state index contributed by atoms with van der Waals surface area (Å²) in [6.07, 6.45) is 5.23. The van der Waals surface area contributed by atoms with Crippen molar-refractivity contribution in [1.29, 1.82) is 0 Å². The summed E-state index contributed by atoms with van der Waals surface area (Å²) in [5, 5.41) is 6.78. The van der Waals surface area contributed by atoms with E-state index in [0.29, 0.717) is 11.6 Å². The molecule has 22 heavy (non-hydrogen) atoms. The molecule has 118 valence electrons. The molecular formula is C18H25N3O. The van der Waals surface area contributed by atoms with Gasteiger partial charge in [-0.15, -0.1) is 0 Å². The van der Waals surface area contributed by atoms with Gasteiger partial charge in [-0.2, -0.15) is 0 Å². The van der Waals surface area contributed by atoms with Crippen LogP contribution < -0.4 is 16.4 Å². The molecule has 1 fully saturated rings. The zero-order valence-corrected chi connectivity index (χ0v) is 13.2. The van der Waals surface area contributed by atoms with Gasteiger partial charge >= 0.3 is 0 Å². The summed E-state index contributed by atoms with van der Waals surface area (Å²) in [7, 11) is 0. The van der Waals surface area contributed by atoms with Crippen molar-refractivity contribution in [3.63, 3.8) is 0 Å². The summed E-state index contributed by atoms with van der Waals surface area (Å²) in [5.41, 5.74) is 7.72. The quantitative estimate of drug-likeness (QED) is 0.578. The van der Waals surface area contributed by atoms with Crippen molar-refractivity contribution >= 4 is 11.6 Å². The molecule has 1 aromatic rings. The lowest BCUT2D eigenvalue weighted by Crippen LogP contribution is -2.35. The number of carbonyl (C=O) groups excluding carboxylic acids is 1. The van der Waals surface area contributed by atoms with Gasteiger partial charge in [0.1, 0.15) is 0 Å². The highest BCUT2D eigenvalue weighted by molar-refractivity contribution is 5.99. The van der Waals surface area contributed by atoms with Gasteiger partial charge in [0.15, 0.2) is 0 Å². The first-order chi connectivity index (χ1) is 10.7. The number of rotatable bonds is 5.